The molecule has 1 saturated heterocycles. The Labute approximate surface area is 214 Å². The molecule has 3 heterocycles. The van der Waals surface area contributed by atoms with Gasteiger partial charge in [0.15, 0.2) is 5.82 Å². The lowest BCUT2D eigenvalue weighted by atomic mass is 9.96. The molecular weight excluding hydrogens is 478 g/mol. The Bertz CT molecular complexity index is 1340. The number of nitrogen functional groups attached to an aromatic ring is 1. The Morgan fingerprint density at radius 1 is 1.11 bits per heavy atom. The van der Waals surface area contributed by atoms with Crippen LogP contribution in [0.4, 0.5) is 20.3 Å². The van der Waals surface area contributed by atoms with Crippen LogP contribution in [-0.4, -0.2) is 67.2 Å². The predicted octanol–water partition coefficient (Wildman–Crippen LogP) is 3.25. The lowest BCUT2D eigenvalue weighted by Crippen LogP contribution is -2.37. The van der Waals surface area contributed by atoms with Crippen LogP contribution in [0.5, 0.6) is 0 Å². The zero-order valence-corrected chi connectivity index (χ0v) is 21.0. The van der Waals surface area contributed by atoms with E-state index in [0.29, 0.717) is 62.5 Å². The van der Waals surface area contributed by atoms with Gasteiger partial charge < -0.3 is 25.6 Å². The number of morpholine rings is 1. The number of hydrogen-bond acceptors (Lipinski definition) is 7. The Kier molecular flexibility index (Phi) is 7.03. The second-order valence-electron chi connectivity index (χ2n) is 9.33. The third kappa shape index (κ3) is 4.86. The molecule has 2 aromatic carbocycles. The second kappa shape index (κ2) is 10.4. The molecule has 10 heteroatoms. The Hall–Kier alpha value is -3.63. The normalized spacial score (nSPS) is 15.6. The number of nitrogens with two attached hydrogens (primary N) is 1. The minimum atomic E-state index is -0.939. The van der Waals surface area contributed by atoms with Crippen molar-refractivity contribution >= 4 is 17.4 Å². The average Bonchev–Trinajstić information content (AvgIpc) is 2.90. The molecular formula is C27H30F2N6O2. The van der Waals surface area contributed by atoms with E-state index in [2.05, 4.69) is 20.2 Å². The van der Waals surface area contributed by atoms with Crippen LogP contribution < -0.4 is 16.0 Å². The molecule has 0 aliphatic carbocycles. The summed E-state index contributed by atoms with van der Waals surface area (Å²) in [6, 6.07) is 8.58. The van der Waals surface area contributed by atoms with Gasteiger partial charge in [-0.1, -0.05) is 13.0 Å². The van der Waals surface area contributed by atoms with Crippen molar-refractivity contribution in [1.82, 2.24) is 20.2 Å². The lowest BCUT2D eigenvalue weighted by molar-refractivity contribution is 0.0946. The fraction of sp³-hybridized carbons (Fsp3) is 0.370. The molecule has 8 nitrogen and oxygen atoms in total. The molecule has 1 amide bonds. The molecule has 0 unspecified atom stereocenters. The van der Waals surface area contributed by atoms with Gasteiger partial charge in [-0.25, -0.2) is 9.37 Å². The number of aromatic nitrogens is 2. The molecule has 0 radical (unpaired) electrons. The number of amides is 1. The number of anilines is 2. The van der Waals surface area contributed by atoms with Crippen molar-refractivity contribution in [2.45, 2.75) is 19.9 Å². The molecule has 1 aromatic heterocycles. The summed E-state index contributed by atoms with van der Waals surface area (Å²) in [6.45, 7) is 6.04. The maximum Gasteiger partial charge on any atom is 0.251 e. The largest absolute Gasteiger partial charge is 0.382 e. The van der Waals surface area contributed by atoms with Crippen molar-refractivity contribution < 1.29 is 18.3 Å². The van der Waals surface area contributed by atoms with Gasteiger partial charge in [-0.15, -0.1) is 0 Å². The fourth-order valence-electron chi connectivity index (χ4n) is 4.81. The van der Waals surface area contributed by atoms with Crippen molar-refractivity contribution in [2.75, 3.05) is 57.1 Å². The smallest absolute Gasteiger partial charge is 0.251 e. The first-order valence-corrected chi connectivity index (χ1v) is 12.4. The minimum Gasteiger partial charge on any atom is -0.382 e. The summed E-state index contributed by atoms with van der Waals surface area (Å²) in [5.41, 5.74) is 9.40. The van der Waals surface area contributed by atoms with Gasteiger partial charge in [0.25, 0.3) is 5.91 Å². The SMILES string of the molecule is CCN(C)Cc1c(N2CCOCC2)ccc(-c2nc(-c3ccc4c(c3)CCNC4=O)c(N)nc2F)c1F. The quantitative estimate of drug-likeness (QED) is 0.528. The highest BCUT2D eigenvalue weighted by Gasteiger charge is 2.25. The van der Waals surface area contributed by atoms with E-state index in [-0.39, 0.29) is 28.7 Å². The number of halogens is 2. The molecule has 0 bridgehead atoms. The highest BCUT2D eigenvalue weighted by molar-refractivity contribution is 5.97. The predicted molar refractivity (Wildman–Crippen MR) is 138 cm³/mol. The zero-order valence-electron chi connectivity index (χ0n) is 21.0. The van der Waals surface area contributed by atoms with Crippen LogP contribution in [0.15, 0.2) is 30.3 Å². The average molecular weight is 509 g/mol. The first-order chi connectivity index (χ1) is 17.9. The molecule has 2 aliphatic heterocycles. The lowest BCUT2D eigenvalue weighted by Gasteiger charge is -2.32. The summed E-state index contributed by atoms with van der Waals surface area (Å²) in [6.07, 6.45) is 0.655. The molecule has 194 valence electrons. The standard InChI is InChI=1S/C27H30F2N6O2/c1-3-34(2)15-20-21(35-10-12-37-13-11-35)7-6-19(22(20)28)24-25(29)33-26(30)23(32-24)17-4-5-18-16(14-17)8-9-31-27(18)36/h4-7,14H,3,8-13,15H2,1-2H3,(H2,30,33)(H,31,36). The summed E-state index contributed by atoms with van der Waals surface area (Å²) in [4.78, 5) is 24.6. The van der Waals surface area contributed by atoms with Crippen LogP contribution in [0.1, 0.15) is 28.4 Å². The zero-order chi connectivity index (χ0) is 26.1. The maximum absolute atomic E-state index is 16.2. The van der Waals surface area contributed by atoms with Crippen LogP contribution in [0.3, 0.4) is 0 Å². The molecule has 2 aliphatic rings. The second-order valence-corrected chi connectivity index (χ2v) is 9.33. The number of carbonyl (C=O) groups is 1. The number of benzene rings is 2. The van der Waals surface area contributed by atoms with Gasteiger partial charge in [-0.2, -0.15) is 9.37 Å². The van der Waals surface area contributed by atoms with Crippen LogP contribution in [-0.2, 0) is 17.7 Å². The van der Waals surface area contributed by atoms with E-state index in [1.54, 1.807) is 18.2 Å². The monoisotopic (exact) mass is 508 g/mol. The van der Waals surface area contributed by atoms with Crippen molar-refractivity contribution in [1.29, 1.82) is 0 Å². The summed E-state index contributed by atoms with van der Waals surface area (Å²) in [5, 5.41) is 2.81. The fourth-order valence-corrected chi connectivity index (χ4v) is 4.81. The van der Waals surface area contributed by atoms with E-state index in [4.69, 9.17) is 10.5 Å². The summed E-state index contributed by atoms with van der Waals surface area (Å²) in [5.74, 6) is -1.71. The molecule has 37 heavy (non-hydrogen) atoms. The van der Waals surface area contributed by atoms with Crippen LogP contribution in [0.2, 0.25) is 0 Å². The molecule has 0 atom stereocenters. The maximum atomic E-state index is 16.2. The summed E-state index contributed by atoms with van der Waals surface area (Å²) in [7, 11) is 1.91. The van der Waals surface area contributed by atoms with Crippen molar-refractivity contribution in [2.24, 2.45) is 0 Å². The minimum absolute atomic E-state index is 0.0279. The Morgan fingerprint density at radius 2 is 1.86 bits per heavy atom. The first-order valence-electron chi connectivity index (χ1n) is 12.4. The molecule has 3 aromatic rings. The topological polar surface area (TPSA) is 96.6 Å². The number of fused-ring (bicyclic) bond motifs is 1. The van der Waals surface area contributed by atoms with Crippen molar-refractivity contribution in [3.8, 4) is 22.5 Å². The van der Waals surface area contributed by atoms with Gasteiger partial charge in [0.2, 0.25) is 5.95 Å². The van der Waals surface area contributed by atoms with Crippen LogP contribution in [0, 0.1) is 11.8 Å². The third-order valence-corrected chi connectivity index (χ3v) is 6.98. The van der Waals surface area contributed by atoms with Gasteiger partial charge in [0.05, 0.1) is 13.2 Å². The number of nitrogens with one attached hydrogen (secondary N) is 1. The van der Waals surface area contributed by atoms with Gasteiger partial charge in [-0.3, -0.25) is 4.79 Å². The van der Waals surface area contributed by atoms with E-state index >= 15 is 8.78 Å². The van der Waals surface area contributed by atoms with Gasteiger partial charge in [-0.05, 0) is 49.8 Å². The van der Waals surface area contributed by atoms with Gasteiger partial charge in [0, 0.05) is 54.1 Å². The number of nitrogens with zero attached hydrogens (tertiary/aromatic N) is 4. The van der Waals surface area contributed by atoms with E-state index in [0.717, 1.165) is 17.8 Å². The number of hydrogen-bond donors (Lipinski definition) is 2. The van der Waals surface area contributed by atoms with E-state index in [9.17, 15) is 4.79 Å². The van der Waals surface area contributed by atoms with Crippen molar-refractivity contribution in [3.05, 3.63) is 58.8 Å². The molecule has 5 rings (SSSR count). The van der Waals surface area contributed by atoms with Crippen LogP contribution >= 0.6 is 0 Å². The number of ether oxygens (including phenoxy) is 1. The van der Waals surface area contributed by atoms with Crippen LogP contribution in [0.25, 0.3) is 22.5 Å². The highest BCUT2D eigenvalue weighted by atomic mass is 19.1. The summed E-state index contributed by atoms with van der Waals surface area (Å²) >= 11 is 0. The molecule has 0 spiro atoms. The number of rotatable bonds is 6. The molecule has 3 N–H and O–H groups in total. The van der Waals surface area contributed by atoms with E-state index in [1.165, 1.54) is 0 Å². The third-order valence-electron chi connectivity index (χ3n) is 6.98. The Balaban J connectivity index is 1.60. The van der Waals surface area contributed by atoms with Gasteiger partial charge in [0.1, 0.15) is 17.2 Å². The number of carbonyl (C=O) groups excluding carboxylic acids is 1. The van der Waals surface area contributed by atoms with Crippen molar-refractivity contribution in [3.63, 3.8) is 0 Å². The first kappa shape index (κ1) is 25.0. The summed E-state index contributed by atoms with van der Waals surface area (Å²) < 4.78 is 36.8. The molecule has 1 fully saturated rings. The Morgan fingerprint density at radius 3 is 2.62 bits per heavy atom. The van der Waals surface area contributed by atoms with E-state index < -0.39 is 11.8 Å². The van der Waals surface area contributed by atoms with E-state index in [1.807, 2.05) is 31.0 Å². The van der Waals surface area contributed by atoms with Gasteiger partial charge >= 0.3 is 0 Å². The molecule has 0 saturated carbocycles. The highest BCUT2D eigenvalue weighted by Crippen LogP contribution is 2.35.